The van der Waals surface area contributed by atoms with Crippen molar-refractivity contribution in [1.82, 2.24) is 14.7 Å². The van der Waals surface area contributed by atoms with E-state index < -0.39 is 0 Å². The van der Waals surface area contributed by atoms with Crippen LogP contribution in [0.25, 0.3) is 0 Å². The summed E-state index contributed by atoms with van der Waals surface area (Å²) >= 11 is 0. The minimum Gasteiger partial charge on any atom is -0.337 e. The summed E-state index contributed by atoms with van der Waals surface area (Å²) in [4.78, 5) is 15.3. The lowest BCUT2D eigenvalue weighted by atomic mass is 9.95. The van der Waals surface area contributed by atoms with E-state index in [1.807, 2.05) is 23.1 Å². The van der Waals surface area contributed by atoms with Crippen molar-refractivity contribution < 1.29 is 4.79 Å². The summed E-state index contributed by atoms with van der Waals surface area (Å²) in [5.41, 5.74) is 2.60. The van der Waals surface area contributed by atoms with Crippen LogP contribution in [0, 0.1) is 0 Å². The first-order valence-electron chi connectivity index (χ1n) is 8.68. The van der Waals surface area contributed by atoms with Crippen LogP contribution in [-0.2, 0) is 17.8 Å². The largest absolute Gasteiger partial charge is 0.337 e. The molecule has 120 valence electrons. The molecule has 23 heavy (non-hydrogen) atoms. The van der Waals surface area contributed by atoms with Gasteiger partial charge in [0, 0.05) is 18.9 Å². The molecule has 2 aromatic rings. The summed E-state index contributed by atoms with van der Waals surface area (Å²) < 4.78 is 1.96. The minimum atomic E-state index is 0.0596. The summed E-state index contributed by atoms with van der Waals surface area (Å²) in [6.07, 6.45) is 9.20. The monoisotopic (exact) mass is 309 g/mol. The van der Waals surface area contributed by atoms with Crippen molar-refractivity contribution in [1.29, 1.82) is 0 Å². The first-order valence-corrected chi connectivity index (χ1v) is 8.68. The predicted molar refractivity (Wildman–Crippen MR) is 89.1 cm³/mol. The fraction of sp³-hybridized carbons (Fsp3) is 0.474. The van der Waals surface area contributed by atoms with E-state index in [2.05, 4.69) is 34.3 Å². The molecule has 2 aliphatic rings. The average molecular weight is 309 g/mol. The maximum absolute atomic E-state index is 13.2. The van der Waals surface area contributed by atoms with Gasteiger partial charge in [0.2, 0.25) is 5.91 Å². The maximum atomic E-state index is 13.2. The van der Waals surface area contributed by atoms with E-state index in [1.165, 1.54) is 17.5 Å². The Balaban J connectivity index is 1.54. The van der Waals surface area contributed by atoms with Crippen LogP contribution in [0.2, 0.25) is 0 Å². The Hall–Kier alpha value is -2.10. The van der Waals surface area contributed by atoms with Crippen molar-refractivity contribution >= 4 is 5.91 Å². The van der Waals surface area contributed by atoms with Crippen molar-refractivity contribution in [3.05, 3.63) is 53.9 Å². The number of amides is 1. The SMILES string of the molecule is O=C(C1CCc2ccccc21)N1CCCCC1Cn1cccn1. The number of carbonyl (C=O) groups excluding carboxylic acids is 1. The average Bonchev–Trinajstić information content (AvgIpc) is 3.24. The molecule has 0 N–H and O–H groups in total. The molecule has 1 aliphatic carbocycles. The third kappa shape index (κ3) is 2.78. The molecule has 0 spiro atoms. The van der Waals surface area contributed by atoms with E-state index in [0.717, 1.165) is 38.8 Å². The second-order valence-corrected chi connectivity index (χ2v) is 6.70. The van der Waals surface area contributed by atoms with Gasteiger partial charge in [0.15, 0.2) is 0 Å². The van der Waals surface area contributed by atoms with Crippen LogP contribution in [-0.4, -0.2) is 33.2 Å². The lowest BCUT2D eigenvalue weighted by molar-refractivity contribution is -0.136. The summed E-state index contributed by atoms with van der Waals surface area (Å²) in [5.74, 6) is 0.385. The van der Waals surface area contributed by atoms with Crippen molar-refractivity contribution in [2.24, 2.45) is 0 Å². The molecule has 1 saturated heterocycles. The Morgan fingerprint density at radius 3 is 2.96 bits per heavy atom. The first-order chi connectivity index (χ1) is 11.3. The quantitative estimate of drug-likeness (QED) is 0.874. The molecule has 4 rings (SSSR count). The molecule has 1 fully saturated rings. The van der Waals surface area contributed by atoms with Gasteiger partial charge < -0.3 is 4.90 Å². The lowest BCUT2D eigenvalue weighted by Crippen LogP contribution is -2.47. The molecule has 0 radical (unpaired) electrons. The van der Waals surface area contributed by atoms with E-state index in [-0.39, 0.29) is 12.0 Å². The van der Waals surface area contributed by atoms with Crippen LogP contribution in [0.15, 0.2) is 42.7 Å². The van der Waals surface area contributed by atoms with E-state index in [4.69, 9.17) is 0 Å². The van der Waals surface area contributed by atoms with Crippen LogP contribution in [0.3, 0.4) is 0 Å². The van der Waals surface area contributed by atoms with Gasteiger partial charge >= 0.3 is 0 Å². The maximum Gasteiger partial charge on any atom is 0.230 e. The van der Waals surface area contributed by atoms with Crippen molar-refractivity contribution in [3.63, 3.8) is 0 Å². The molecule has 4 heteroatoms. The van der Waals surface area contributed by atoms with Gasteiger partial charge in [0.25, 0.3) is 0 Å². The molecule has 2 unspecified atom stereocenters. The predicted octanol–water partition coefficient (Wildman–Crippen LogP) is 2.99. The fourth-order valence-corrected chi connectivity index (χ4v) is 4.12. The molecule has 2 atom stereocenters. The zero-order valence-corrected chi connectivity index (χ0v) is 13.4. The van der Waals surface area contributed by atoms with Crippen LogP contribution < -0.4 is 0 Å². The number of nitrogens with zero attached hydrogens (tertiary/aromatic N) is 3. The Kier molecular flexibility index (Phi) is 3.90. The van der Waals surface area contributed by atoms with E-state index in [1.54, 1.807) is 0 Å². The molecule has 1 aromatic carbocycles. The Labute approximate surface area is 137 Å². The second-order valence-electron chi connectivity index (χ2n) is 6.70. The number of likely N-dealkylation sites (tertiary alicyclic amines) is 1. The first kappa shape index (κ1) is 14.5. The minimum absolute atomic E-state index is 0.0596. The number of rotatable bonds is 3. The number of benzene rings is 1. The van der Waals surface area contributed by atoms with Crippen LogP contribution in [0.1, 0.15) is 42.7 Å². The molecule has 1 aromatic heterocycles. The molecular formula is C19H23N3O. The summed E-state index contributed by atoms with van der Waals surface area (Å²) in [5, 5.41) is 4.32. The molecule has 1 aliphatic heterocycles. The summed E-state index contributed by atoms with van der Waals surface area (Å²) in [6.45, 7) is 1.70. The number of aromatic nitrogens is 2. The number of fused-ring (bicyclic) bond motifs is 1. The number of piperidine rings is 1. The molecule has 2 heterocycles. The standard InChI is InChI=1S/C19H23N3O/c23-19(18-10-9-15-6-1-2-8-17(15)18)22-13-4-3-7-16(22)14-21-12-5-11-20-21/h1-2,5-6,8,11-12,16,18H,3-4,7,9-10,13-14H2. The van der Waals surface area contributed by atoms with Crippen LogP contribution in [0.5, 0.6) is 0 Å². The smallest absolute Gasteiger partial charge is 0.230 e. The normalized spacial score (nSPS) is 23.7. The third-order valence-corrected chi connectivity index (χ3v) is 5.30. The van der Waals surface area contributed by atoms with Gasteiger partial charge in [0.05, 0.1) is 18.5 Å². The molecule has 1 amide bonds. The van der Waals surface area contributed by atoms with E-state index >= 15 is 0 Å². The highest BCUT2D eigenvalue weighted by Gasteiger charge is 2.35. The summed E-state index contributed by atoms with van der Waals surface area (Å²) in [7, 11) is 0. The molecule has 0 bridgehead atoms. The van der Waals surface area contributed by atoms with E-state index in [0.29, 0.717) is 5.91 Å². The fourth-order valence-electron chi connectivity index (χ4n) is 4.12. The van der Waals surface area contributed by atoms with Gasteiger partial charge in [-0.3, -0.25) is 9.48 Å². The van der Waals surface area contributed by atoms with Crippen LogP contribution in [0.4, 0.5) is 0 Å². The topological polar surface area (TPSA) is 38.1 Å². The zero-order valence-electron chi connectivity index (χ0n) is 13.4. The number of carbonyl (C=O) groups is 1. The van der Waals surface area contributed by atoms with E-state index in [9.17, 15) is 4.79 Å². The highest BCUT2D eigenvalue weighted by Crippen LogP contribution is 2.35. The second kappa shape index (κ2) is 6.19. The molecular weight excluding hydrogens is 286 g/mol. The Morgan fingerprint density at radius 1 is 1.17 bits per heavy atom. The van der Waals surface area contributed by atoms with Gasteiger partial charge in [-0.25, -0.2) is 0 Å². The highest BCUT2D eigenvalue weighted by molar-refractivity contribution is 5.85. The zero-order chi connectivity index (χ0) is 15.6. The number of hydrogen-bond acceptors (Lipinski definition) is 2. The van der Waals surface area contributed by atoms with Gasteiger partial charge in [-0.05, 0) is 49.3 Å². The van der Waals surface area contributed by atoms with Gasteiger partial charge in [0.1, 0.15) is 0 Å². The Bertz CT molecular complexity index is 680. The van der Waals surface area contributed by atoms with Crippen molar-refractivity contribution in [2.75, 3.05) is 6.54 Å². The van der Waals surface area contributed by atoms with Gasteiger partial charge in [-0.15, -0.1) is 0 Å². The number of hydrogen-bond donors (Lipinski definition) is 0. The Morgan fingerprint density at radius 2 is 2.09 bits per heavy atom. The van der Waals surface area contributed by atoms with Crippen LogP contribution >= 0.6 is 0 Å². The lowest BCUT2D eigenvalue weighted by Gasteiger charge is -2.37. The van der Waals surface area contributed by atoms with Gasteiger partial charge in [-0.1, -0.05) is 24.3 Å². The molecule has 0 saturated carbocycles. The van der Waals surface area contributed by atoms with Crippen molar-refractivity contribution in [2.45, 2.75) is 50.6 Å². The van der Waals surface area contributed by atoms with Gasteiger partial charge in [-0.2, -0.15) is 5.10 Å². The third-order valence-electron chi connectivity index (χ3n) is 5.30. The highest BCUT2D eigenvalue weighted by atomic mass is 16.2. The van der Waals surface area contributed by atoms with Crippen molar-refractivity contribution in [3.8, 4) is 0 Å². The summed E-state index contributed by atoms with van der Waals surface area (Å²) in [6, 6.07) is 10.7. The number of aryl methyl sites for hydroxylation is 1. The molecule has 4 nitrogen and oxygen atoms in total.